The van der Waals surface area contributed by atoms with Crippen LogP contribution in [0.1, 0.15) is 68.6 Å². The molecule has 0 saturated heterocycles. The van der Waals surface area contributed by atoms with Crippen molar-refractivity contribution in [2.75, 3.05) is 5.73 Å². The van der Waals surface area contributed by atoms with Crippen LogP contribution >= 0.6 is 7.60 Å². The third-order valence-corrected chi connectivity index (χ3v) is 8.80. The van der Waals surface area contributed by atoms with E-state index in [2.05, 4.69) is 41.2 Å². The highest BCUT2D eigenvalue weighted by molar-refractivity contribution is 7.52. The Morgan fingerprint density at radius 2 is 1.78 bits per heavy atom. The second-order valence-corrected chi connectivity index (χ2v) is 11.8. The first kappa shape index (κ1) is 25.6. The molecule has 2 heterocycles. The molecule has 1 aliphatic heterocycles. The fourth-order valence-electron chi connectivity index (χ4n) is 5.16. The van der Waals surface area contributed by atoms with Crippen molar-refractivity contribution in [1.29, 1.82) is 0 Å². The maximum absolute atomic E-state index is 12.7. The van der Waals surface area contributed by atoms with Gasteiger partial charge in [0.25, 0.3) is 0 Å². The number of aromatic nitrogens is 2. The van der Waals surface area contributed by atoms with E-state index in [4.69, 9.17) is 20.0 Å². The number of benzene rings is 2. The number of nitrogens with two attached hydrogens (primary N) is 1. The molecule has 8 nitrogen and oxygen atoms in total. The van der Waals surface area contributed by atoms with Crippen molar-refractivity contribution in [2.24, 2.45) is 4.99 Å². The molecule has 37 heavy (non-hydrogen) atoms. The molecular weight excluding hydrogens is 487 g/mol. The van der Waals surface area contributed by atoms with Crippen molar-refractivity contribution < 1.29 is 18.7 Å². The first-order chi connectivity index (χ1) is 17.8. The monoisotopic (exact) mass is 520 g/mol. The van der Waals surface area contributed by atoms with Crippen molar-refractivity contribution >= 4 is 24.8 Å². The fourth-order valence-corrected chi connectivity index (χ4v) is 6.58. The molecular formula is C28H33N4O4P. The standard InChI is InChI=1S/C28H33N4O4P/c1-3-28(2)25(32-24-26(29)30-18-31-27(24)35-28)22-11-9-20(10-12-22)21-13-15-23(16-14-21)36-37(33,34)17-19-7-5-4-6-8-19/h4-12,18,21,23H,3,13-17H2,1-2H3,(H,33,34)(H2,29,30,31). The maximum Gasteiger partial charge on any atom is 0.332 e. The lowest BCUT2D eigenvalue weighted by atomic mass is 9.82. The molecule has 2 unspecified atom stereocenters. The van der Waals surface area contributed by atoms with Crippen molar-refractivity contribution in [1.82, 2.24) is 9.97 Å². The van der Waals surface area contributed by atoms with Gasteiger partial charge in [0.2, 0.25) is 5.88 Å². The van der Waals surface area contributed by atoms with Crippen molar-refractivity contribution in [3.05, 3.63) is 77.6 Å². The summed E-state index contributed by atoms with van der Waals surface area (Å²) < 4.78 is 24.6. The summed E-state index contributed by atoms with van der Waals surface area (Å²) in [6.45, 7) is 4.07. The Morgan fingerprint density at radius 1 is 1.08 bits per heavy atom. The van der Waals surface area contributed by atoms with Gasteiger partial charge < -0.3 is 19.9 Å². The Kier molecular flexibility index (Phi) is 7.17. The van der Waals surface area contributed by atoms with Gasteiger partial charge >= 0.3 is 7.60 Å². The first-order valence-electron chi connectivity index (χ1n) is 12.8. The molecule has 3 aromatic rings. The molecule has 9 heteroatoms. The number of ether oxygens (including phenoxy) is 1. The normalized spacial score (nSPS) is 24.9. The number of anilines is 1. The first-order valence-corrected chi connectivity index (χ1v) is 14.6. The number of fused-ring (bicyclic) bond motifs is 1. The number of aliphatic imine (C=N–C) groups is 1. The smallest absolute Gasteiger partial charge is 0.332 e. The maximum atomic E-state index is 12.7. The van der Waals surface area contributed by atoms with Gasteiger partial charge in [-0.15, -0.1) is 0 Å². The lowest BCUT2D eigenvalue weighted by Crippen LogP contribution is -2.43. The van der Waals surface area contributed by atoms with E-state index in [1.54, 1.807) is 0 Å². The summed E-state index contributed by atoms with van der Waals surface area (Å²) in [5.74, 6) is 1.09. The Labute approximate surface area is 217 Å². The summed E-state index contributed by atoms with van der Waals surface area (Å²) in [4.78, 5) is 23.5. The predicted octanol–water partition coefficient (Wildman–Crippen LogP) is 6.17. The Balaban J connectivity index is 1.25. The molecule has 0 amide bonds. The average Bonchev–Trinajstić information content (AvgIpc) is 2.89. The minimum absolute atomic E-state index is 0.0434. The van der Waals surface area contributed by atoms with E-state index in [0.717, 1.165) is 48.9 Å². The van der Waals surface area contributed by atoms with Crippen LogP contribution in [-0.4, -0.2) is 32.3 Å². The minimum Gasteiger partial charge on any atom is -0.463 e. The summed E-state index contributed by atoms with van der Waals surface area (Å²) in [5.41, 5.74) is 9.73. The summed E-state index contributed by atoms with van der Waals surface area (Å²) in [5, 5.41) is 0. The summed E-state index contributed by atoms with van der Waals surface area (Å²) >= 11 is 0. The zero-order valence-electron chi connectivity index (χ0n) is 21.2. The molecule has 0 radical (unpaired) electrons. The molecule has 1 aliphatic carbocycles. The Morgan fingerprint density at radius 3 is 2.46 bits per heavy atom. The lowest BCUT2D eigenvalue weighted by molar-refractivity contribution is 0.127. The van der Waals surface area contributed by atoms with Crippen LogP contribution in [0.2, 0.25) is 0 Å². The topological polar surface area (TPSA) is 120 Å². The van der Waals surface area contributed by atoms with Crippen LogP contribution in [-0.2, 0) is 15.3 Å². The van der Waals surface area contributed by atoms with Crippen LogP contribution in [0.15, 0.2) is 65.9 Å². The molecule has 194 valence electrons. The number of hydrogen-bond donors (Lipinski definition) is 2. The van der Waals surface area contributed by atoms with Crippen LogP contribution in [0.4, 0.5) is 11.5 Å². The third-order valence-electron chi connectivity index (χ3n) is 7.41. The van der Waals surface area contributed by atoms with Gasteiger partial charge in [-0.25, -0.2) is 9.98 Å². The highest BCUT2D eigenvalue weighted by Gasteiger charge is 2.38. The highest BCUT2D eigenvalue weighted by atomic mass is 31.2. The van der Waals surface area contributed by atoms with Crippen LogP contribution in [0.25, 0.3) is 0 Å². The number of nitrogen functional groups attached to an aromatic ring is 1. The highest BCUT2D eigenvalue weighted by Crippen LogP contribution is 2.49. The molecule has 5 rings (SSSR count). The van der Waals surface area contributed by atoms with E-state index in [1.165, 1.54) is 11.9 Å². The largest absolute Gasteiger partial charge is 0.463 e. The zero-order valence-corrected chi connectivity index (χ0v) is 22.1. The van der Waals surface area contributed by atoms with Gasteiger partial charge in [0.15, 0.2) is 17.1 Å². The van der Waals surface area contributed by atoms with Crippen LogP contribution in [0.5, 0.6) is 5.88 Å². The zero-order chi connectivity index (χ0) is 26.0. The van der Waals surface area contributed by atoms with Crippen LogP contribution < -0.4 is 10.5 Å². The molecule has 2 aromatic carbocycles. The molecule has 1 saturated carbocycles. The summed E-state index contributed by atoms with van der Waals surface area (Å²) in [7, 11) is -3.68. The molecule has 0 spiro atoms. The van der Waals surface area contributed by atoms with Gasteiger partial charge in [-0.05, 0) is 56.1 Å². The Bertz CT molecular complexity index is 1320. The second-order valence-electron chi connectivity index (χ2n) is 10.0. The van der Waals surface area contributed by atoms with E-state index < -0.39 is 13.2 Å². The summed E-state index contributed by atoms with van der Waals surface area (Å²) in [6, 6.07) is 17.8. The molecule has 2 atom stereocenters. The van der Waals surface area contributed by atoms with Gasteiger partial charge in [0.05, 0.1) is 18.0 Å². The molecule has 2 aliphatic rings. The number of nitrogens with zero attached hydrogens (tertiary/aromatic N) is 3. The molecule has 3 N–H and O–H groups in total. The van der Waals surface area contributed by atoms with E-state index >= 15 is 0 Å². The lowest BCUT2D eigenvalue weighted by Gasteiger charge is -2.34. The van der Waals surface area contributed by atoms with Crippen LogP contribution in [0, 0.1) is 0 Å². The average molecular weight is 521 g/mol. The predicted molar refractivity (Wildman–Crippen MR) is 144 cm³/mol. The van der Waals surface area contributed by atoms with E-state index in [-0.39, 0.29) is 12.3 Å². The van der Waals surface area contributed by atoms with Gasteiger partial charge in [-0.2, -0.15) is 4.98 Å². The Hall–Kier alpha value is -3.06. The second kappa shape index (κ2) is 10.4. The minimum atomic E-state index is -3.68. The quantitative estimate of drug-likeness (QED) is 0.358. The van der Waals surface area contributed by atoms with E-state index in [1.807, 2.05) is 37.3 Å². The molecule has 1 fully saturated rings. The molecule has 0 bridgehead atoms. The van der Waals surface area contributed by atoms with Gasteiger partial charge in [0, 0.05) is 5.56 Å². The van der Waals surface area contributed by atoms with Crippen LogP contribution in [0.3, 0.4) is 0 Å². The van der Waals surface area contributed by atoms with Gasteiger partial charge in [0.1, 0.15) is 6.33 Å². The molecule has 1 aromatic heterocycles. The van der Waals surface area contributed by atoms with Gasteiger partial charge in [-0.3, -0.25) is 4.57 Å². The van der Waals surface area contributed by atoms with E-state index in [0.29, 0.717) is 23.3 Å². The van der Waals surface area contributed by atoms with Crippen molar-refractivity contribution in [2.45, 2.75) is 69.7 Å². The number of hydrogen-bond acceptors (Lipinski definition) is 7. The fraction of sp³-hybridized carbons (Fsp3) is 0.393. The van der Waals surface area contributed by atoms with E-state index in [9.17, 15) is 9.46 Å². The third kappa shape index (κ3) is 5.61. The van der Waals surface area contributed by atoms with Crippen molar-refractivity contribution in [3.8, 4) is 5.88 Å². The van der Waals surface area contributed by atoms with Crippen molar-refractivity contribution in [3.63, 3.8) is 0 Å². The summed E-state index contributed by atoms with van der Waals surface area (Å²) in [6.07, 6.45) is 5.30. The number of rotatable bonds is 7. The van der Waals surface area contributed by atoms with Gasteiger partial charge in [-0.1, -0.05) is 61.5 Å². The SMILES string of the molecule is CCC1(C)Oc2ncnc(N)c2N=C1c1ccc(C2CCC(OP(=O)(O)Cc3ccccc3)CC2)cc1.